The molecule has 2 aromatic heterocycles. The van der Waals surface area contributed by atoms with Crippen LogP contribution in [0.25, 0.3) is 0 Å². The second kappa shape index (κ2) is 5.53. The Hall–Kier alpha value is -2.04. The molecule has 2 N–H and O–H groups in total. The van der Waals surface area contributed by atoms with E-state index in [4.69, 9.17) is 0 Å². The zero-order chi connectivity index (χ0) is 13.0. The van der Waals surface area contributed by atoms with Crippen molar-refractivity contribution in [2.45, 2.75) is 33.4 Å². The molecule has 2 rings (SSSR count). The fourth-order valence-electron chi connectivity index (χ4n) is 1.80. The summed E-state index contributed by atoms with van der Waals surface area (Å²) >= 11 is 0. The summed E-state index contributed by atoms with van der Waals surface area (Å²) in [4.78, 5) is 11.6. The molecular formula is C13H18N4O. The number of nitrogens with zero attached hydrogens (tertiary/aromatic N) is 2. The summed E-state index contributed by atoms with van der Waals surface area (Å²) in [5, 5.41) is 10.2. The summed E-state index contributed by atoms with van der Waals surface area (Å²) in [6.07, 6.45) is 4.62. The monoisotopic (exact) mass is 246 g/mol. The smallest absolute Gasteiger partial charge is 0.250 e. The highest BCUT2D eigenvalue weighted by Gasteiger charge is 2.01. The van der Waals surface area contributed by atoms with E-state index in [1.54, 1.807) is 10.6 Å². The Balaban J connectivity index is 2.08. The van der Waals surface area contributed by atoms with Gasteiger partial charge in [0.25, 0.3) is 5.56 Å². The molecule has 0 unspecified atom stereocenters. The van der Waals surface area contributed by atoms with Gasteiger partial charge < -0.3 is 9.88 Å². The molecule has 2 heterocycles. The van der Waals surface area contributed by atoms with Gasteiger partial charge in [-0.3, -0.25) is 9.89 Å². The Labute approximate surface area is 106 Å². The standard InChI is InChI=1S/C13H18N4O/c1-3-6-17-9-12(4-5-13(17)18)14-7-11-8-15-16-10(11)2/h4-5,8-9,14H,3,6-7H2,1-2H3,(H,15,16). The third kappa shape index (κ3) is 2.80. The number of anilines is 1. The van der Waals surface area contributed by atoms with E-state index < -0.39 is 0 Å². The molecule has 0 fully saturated rings. The first-order chi connectivity index (χ1) is 8.70. The number of aryl methyl sites for hydroxylation is 2. The summed E-state index contributed by atoms with van der Waals surface area (Å²) in [7, 11) is 0. The second-order valence-electron chi connectivity index (χ2n) is 4.32. The molecule has 0 aliphatic rings. The first-order valence-electron chi connectivity index (χ1n) is 6.14. The Morgan fingerprint density at radius 3 is 2.94 bits per heavy atom. The van der Waals surface area contributed by atoms with Gasteiger partial charge in [-0.25, -0.2) is 0 Å². The van der Waals surface area contributed by atoms with Gasteiger partial charge in [-0.05, 0) is 19.4 Å². The van der Waals surface area contributed by atoms with Gasteiger partial charge >= 0.3 is 0 Å². The summed E-state index contributed by atoms with van der Waals surface area (Å²) in [6.45, 7) is 5.50. The van der Waals surface area contributed by atoms with Crippen LogP contribution in [0.15, 0.2) is 29.3 Å². The van der Waals surface area contributed by atoms with Gasteiger partial charge in [0, 0.05) is 36.6 Å². The van der Waals surface area contributed by atoms with E-state index in [0.29, 0.717) is 6.54 Å². The highest BCUT2D eigenvalue weighted by molar-refractivity contribution is 5.41. The van der Waals surface area contributed by atoms with Crippen molar-refractivity contribution in [3.8, 4) is 0 Å². The van der Waals surface area contributed by atoms with Gasteiger partial charge in [-0.2, -0.15) is 5.10 Å². The summed E-state index contributed by atoms with van der Waals surface area (Å²) in [5.74, 6) is 0. The molecule has 0 radical (unpaired) electrons. The normalized spacial score (nSPS) is 10.6. The average molecular weight is 246 g/mol. The fourth-order valence-corrected chi connectivity index (χ4v) is 1.80. The third-order valence-electron chi connectivity index (χ3n) is 2.87. The highest BCUT2D eigenvalue weighted by Crippen LogP contribution is 2.08. The van der Waals surface area contributed by atoms with Crippen LogP contribution in [0.3, 0.4) is 0 Å². The van der Waals surface area contributed by atoms with Gasteiger partial charge in [0.1, 0.15) is 0 Å². The van der Waals surface area contributed by atoms with Gasteiger partial charge in [-0.1, -0.05) is 6.92 Å². The maximum atomic E-state index is 11.6. The predicted octanol–water partition coefficient (Wildman–Crippen LogP) is 1.90. The molecule has 5 nitrogen and oxygen atoms in total. The average Bonchev–Trinajstić information content (AvgIpc) is 2.76. The van der Waals surface area contributed by atoms with Crippen LogP contribution in [0.5, 0.6) is 0 Å². The van der Waals surface area contributed by atoms with E-state index in [-0.39, 0.29) is 5.56 Å². The number of H-pyrrole nitrogens is 1. The molecule has 0 bridgehead atoms. The molecule has 0 amide bonds. The van der Waals surface area contributed by atoms with Crippen LogP contribution >= 0.6 is 0 Å². The number of pyridine rings is 1. The minimum absolute atomic E-state index is 0.0434. The Kier molecular flexibility index (Phi) is 3.82. The van der Waals surface area contributed by atoms with Crippen molar-refractivity contribution < 1.29 is 0 Å². The first-order valence-corrected chi connectivity index (χ1v) is 6.14. The number of rotatable bonds is 5. The topological polar surface area (TPSA) is 62.7 Å². The van der Waals surface area contributed by atoms with E-state index in [0.717, 1.165) is 29.9 Å². The fraction of sp³-hybridized carbons (Fsp3) is 0.385. The molecule has 18 heavy (non-hydrogen) atoms. The van der Waals surface area contributed by atoms with E-state index >= 15 is 0 Å². The molecular weight excluding hydrogens is 228 g/mol. The highest BCUT2D eigenvalue weighted by atomic mass is 16.1. The van der Waals surface area contributed by atoms with Crippen LogP contribution in [0.2, 0.25) is 0 Å². The maximum Gasteiger partial charge on any atom is 0.250 e. The molecule has 5 heteroatoms. The van der Waals surface area contributed by atoms with Crippen LogP contribution < -0.4 is 10.9 Å². The lowest BCUT2D eigenvalue weighted by Gasteiger charge is -2.09. The minimum atomic E-state index is 0.0434. The van der Waals surface area contributed by atoms with Gasteiger partial charge in [0.05, 0.1) is 11.9 Å². The van der Waals surface area contributed by atoms with Crippen molar-refractivity contribution in [2.24, 2.45) is 0 Å². The minimum Gasteiger partial charge on any atom is -0.380 e. The lowest BCUT2D eigenvalue weighted by Crippen LogP contribution is -2.18. The van der Waals surface area contributed by atoms with Crippen molar-refractivity contribution in [1.82, 2.24) is 14.8 Å². The lowest BCUT2D eigenvalue weighted by atomic mass is 10.2. The van der Waals surface area contributed by atoms with E-state index in [1.807, 2.05) is 25.4 Å². The van der Waals surface area contributed by atoms with Gasteiger partial charge in [0.2, 0.25) is 0 Å². The molecule has 0 saturated heterocycles. The Morgan fingerprint density at radius 2 is 2.28 bits per heavy atom. The first kappa shape index (κ1) is 12.4. The van der Waals surface area contributed by atoms with Crippen LogP contribution in [-0.4, -0.2) is 14.8 Å². The maximum absolute atomic E-state index is 11.6. The van der Waals surface area contributed by atoms with E-state index in [9.17, 15) is 4.79 Å². The Morgan fingerprint density at radius 1 is 1.44 bits per heavy atom. The van der Waals surface area contributed by atoms with Crippen LogP contribution in [0.4, 0.5) is 5.69 Å². The molecule has 96 valence electrons. The van der Waals surface area contributed by atoms with Crippen molar-refractivity contribution in [2.75, 3.05) is 5.32 Å². The molecule has 0 aliphatic carbocycles. The quantitative estimate of drug-likeness (QED) is 0.847. The number of aromatic amines is 1. The van der Waals surface area contributed by atoms with Crippen molar-refractivity contribution in [1.29, 1.82) is 0 Å². The number of nitrogens with one attached hydrogen (secondary N) is 2. The van der Waals surface area contributed by atoms with Gasteiger partial charge in [-0.15, -0.1) is 0 Å². The lowest BCUT2D eigenvalue weighted by molar-refractivity contribution is 0.655. The number of hydrogen-bond acceptors (Lipinski definition) is 3. The zero-order valence-corrected chi connectivity index (χ0v) is 10.7. The zero-order valence-electron chi connectivity index (χ0n) is 10.7. The molecule has 2 aromatic rings. The third-order valence-corrected chi connectivity index (χ3v) is 2.87. The summed E-state index contributed by atoms with van der Waals surface area (Å²) in [6, 6.07) is 3.41. The number of hydrogen-bond donors (Lipinski definition) is 2. The van der Waals surface area contributed by atoms with E-state index in [1.165, 1.54) is 0 Å². The summed E-state index contributed by atoms with van der Waals surface area (Å²) in [5.41, 5.74) is 3.18. The SMILES string of the molecule is CCCn1cc(NCc2cn[nH]c2C)ccc1=O. The van der Waals surface area contributed by atoms with Crippen molar-refractivity contribution >= 4 is 5.69 Å². The van der Waals surface area contributed by atoms with Crippen LogP contribution in [-0.2, 0) is 13.1 Å². The van der Waals surface area contributed by atoms with Crippen molar-refractivity contribution in [3.05, 3.63) is 46.1 Å². The Bertz CT molecular complexity index is 570. The predicted molar refractivity (Wildman–Crippen MR) is 71.6 cm³/mol. The molecule has 0 atom stereocenters. The van der Waals surface area contributed by atoms with Crippen LogP contribution in [0, 0.1) is 6.92 Å². The molecule has 0 aromatic carbocycles. The largest absolute Gasteiger partial charge is 0.380 e. The molecule has 0 saturated carbocycles. The number of aromatic nitrogens is 3. The summed E-state index contributed by atoms with van der Waals surface area (Å²) < 4.78 is 1.73. The van der Waals surface area contributed by atoms with Crippen LogP contribution in [0.1, 0.15) is 24.6 Å². The molecule has 0 aliphatic heterocycles. The van der Waals surface area contributed by atoms with Crippen molar-refractivity contribution in [3.63, 3.8) is 0 Å². The molecule has 0 spiro atoms. The van der Waals surface area contributed by atoms with E-state index in [2.05, 4.69) is 22.4 Å². The van der Waals surface area contributed by atoms with Gasteiger partial charge in [0.15, 0.2) is 0 Å². The second-order valence-corrected chi connectivity index (χ2v) is 4.32.